The fraction of sp³-hybridized carbons (Fsp3) is 0.413. The topological polar surface area (TPSA) is 143 Å². The Morgan fingerprint density at radius 1 is 0.903 bits per heavy atom. The summed E-state index contributed by atoms with van der Waals surface area (Å²) in [6, 6.07) is 17.1. The minimum atomic E-state index is -2.55. The van der Waals surface area contributed by atoms with E-state index in [0.717, 1.165) is 93.6 Å². The number of imide groups is 1. The number of rotatable bonds is 11. The van der Waals surface area contributed by atoms with Gasteiger partial charge in [-0.15, -0.1) is 0 Å². The molecule has 324 valence electrons. The second-order valence-electron chi connectivity index (χ2n) is 16.7. The van der Waals surface area contributed by atoms with Gasteiger partial charge in [0.25, 0.3) is 5.91 Å². The van der Waals surface area contributed by atoms with Crippen molar-refractivity contribution in [2.75, 3.05) is 74.7 Å². The second kappa shape index (κ2) is 18.8. The highest BCUT2D eigenvalue weighted by molar-refractivity contribution is 7.70. The van der Waals surface area contributed by atoms with E-state index in [4.69, 9.17) is 23.2 Å². The maximum atomic E-state index is 13.2. The van der Waals surface area contributed by atoms with Crippen molar-refractivity contribution >= 4 is 82.2 Å². The largest absolute Gasteiger partial charge is 0.371 e. The van der Waals surface area contributed by atoms with Crippen LogP contribution < -0.4 is 26.2 Å². The maximum absolute atomic E-state index is 13.2. The average molecular weight is 897 g/mol. The van der Waals surface area contributed by atoms with Crippen LogP contribution in [0.3, 0.4) is 0 Å². The maximum Gasteiger partial charge on any atom is 0.255 e. The molecule has 8 rings (SSSR count). The van der Waals surface area contributed by atoms with Gasteiger partial charge in [0.1, 0.15) is 18.2 Å². The average Bonchev–Trinajstić information content (AvgIpc) is 3.60. The predicted molar refractivity (Wildman–Crippen MR) is 247 cm³/mol. The molecule has 3 N–H and O–H groups in total. The summed E-state index contributed by atoms with van der Waals surface area (Å²) in [6.07, 6.45) is 5.84. The van der Waals surface area contributed by atoms with Crippen LogP contribution in [0.2, 0.25) is 10.0 Å². The molecule has 3 fully saturated rings. The molecule has 5 heterocycles. The monoisotopic (exact) mass is 895 g/mol. The summed E-state index contributed by atoms with van der Waals surface area (Å²) in [5.74, 6) is 6.52. The third kappa shape index (κ3) is 9.65. The van der Waals surface area contributed by atoms with E-state index in [9.17, 15) is 18.9 Å². The number of nitrogens with zero attached hydrogens (tertiary/aromatic N) is 6. The van der Waals surface area contributed by atoms with E-state index in [1.54, 1.807) is 24.3 Å². The Kier molecular flexibility index (Phi) is 13.2. The summed E-state index contributed by atoms with van der Waals surface area (Å²) in [6.45, 7) is 12.8. The number of hydrogen-bond acceptors (Lipinski definition) is 11. The molecule has 1 atom stereocenters. The van der Waals surface area contributed by atoms with Gasteiger partial charge in [-0.05, 0) is 86.5 Å². The summed E-state index contributed by atoms with van der Waals surface area (Å²) >= 11 is 13.4. The van der Waals surface area contributed by atoms with Gasteiger partial charge in [-0.2, -0.15) is 4.98 Å². The lowest BCUT2D eigenvalue weighted by Crippen LogP contribution is -2.53. The number of carbonyl (C=O) groups is 3. The fourth-order valence-electron chi connectivity index (χ4n) is 8.99. The summed E-state index contributed by atoms with van der Waals surface area (Å²) < 4.78 is 12.9. The quantitative estimate of drug-likeness (QED) is 0.0825. The third-order valence-corrected chi connectivity index (χ3v) is 14.5. The number of anilines is 5. The van der Waals surface area contributed by atoms with E-state index in [1.165, 1.54) is 11.8 Å². The molecule has 4 aliphatic heterocycles. The van der Waals surface area contributed by atoms with Crippen molar-refractivity contribution in [3.05, 3.63) is 93.1 Å². The number of piperazine rings is 1. The molecule has 1 unspecified atom stereocenters. The molecule has 4 aromatic rings. The zero-order valence-corrected chi connectivity index (χ0v) is 37.8. The number of aryl methyl sites for hydroxylation is 1. The number of fused-ring (bicyclic) bond motifs is 1. The van der Waals surface area contributed by atoms with Crippen molar-refractivity contribution in [2.24, 2.45) is 0 Å². The SMILES string of the molecule is CCc1cc(Nc2ncc(Cl)c(Nc3ccccc3P(C)(C)=O)n2)c(Cl)cc1N1CCC(N2CCN(CCC#Cc3cccc4c3CN(C3CCC(=O)NC3=O)C4=O)CC2)CC1. The highest BCUT2D eigenvalue weighted by Crippen LogP contribution is 2.39. The summed E-state index contributed by atoms with van der Waals surface area (Å²) in [4.78, 5) is 55.6. The number of halogens is 2. The normalized spacial score (nSPS) is 18.9. The number of para-hydroxylation sites is 1. The van der Waals surface area contributed by atoms with Gasteiger partial charge < -0.3 is 25.0 Å². The van der Waals surface area contributed by atoms with Gasteiger partial charge in [-0.1, -0.05) is 60.2 Å². The van der Waals surface area contributed by atoms with E-state index < -0.39 is 19.1 Å². The number of nitrogens with one attached hydrogen (secondary N) is 3. The van der Waals surface area contributed by atoms with Crippen LogP contribution in [0.1, 0.15) is 66.1 Å². The number of benzene rings is 3. The molecule has 1 aromatic heterocycles. The standard InChI is InChI=1S/C46H52Cl2N9O4P/c1-4-30-26-38(51-46-49-28-36(48)43(53-46)50-37-13-5-6-14-41(37)62(2,3)61)35(47)27-40(30)56-20-17-32(18-21-56)55-24-22-54(23-25-55)19-8-7-10-31-11-9-12-33-34(31)29-57(45(33)60)39-15-16-42(58)52-44(39)59/h5-6,9,11-14,26-28,32,39H,4,8,15-25,29H2,1-3H3,(H,52,58,59)(H2,49,50,51,53). The highest BCUT2D eigenvalue weighted by Gasteiger charge is 2.39. The molecule has 0 saturated carbocycles. The van der Waals surface area contributed by atoms with E-state index >= 15 is 0 Å². The van der Waals surface area contributed by atoms with Gasteiger partial charge >= 0.3 is 0 Å². The molecule has 0 spiro atoms. The third-order valence-electron chi connectivity index (χ3n) is 12.4. The van der Waals surface area contributed by atoms with Crippen LogP contribution in [0.15, 0.2) is 60.8 Å². The molecular weight excluding hydrogens is 844 g/mol. The van der Waals surface area contributed by atoms with E-state index in [-0.39, 0.29) is 18.2 Å². The Balaban J connectivity index is 0.816. The smallest absolute Gasteiger partial charge is 0.255 e. The molecule has 0 radical (unpaired) electrons. The van der Waals surface area contributed by atoms with Crippen molar-refractivity contribution in [2.45, 2.75) is 64.1 Å². The molecule has 0 bridgehead atoms. The van der Waals surface area contributed by atoms with Gasteiger partial charge in [0, 0.05) is 93.4 Å². The van der Waals surface area contributed by atoms with Gasteiger partial charge in [0.2, 0.25) is 17.8 Å². The van der Waals surface area contributed by atoms with Crippen LogP contribution >= 0.6 is 30.3 Å². The van der Waals surface area contributed by atoms with Crippen LogP contribution in [0.4, 0.5) is 28.8 Å². The van der Waals surface area contributed by atoms with Crippen LogP contribution in [0, 0.1) is 11.8 Å². The van der Waals surface area contributed by atoms with Crippen LogP contribution in [-0.4, -0.2) is 114 Å². The van der Waals surface area contributed by atoms with Gasteiger partial charge in [0.15, 0.2) is 5.82 Å². The minimum Gasteiger partial charge on any atom is -0.371 e. The summed E-state index contributed by atoms with van der Waals surface area (Å²) in [5, 5.41) is 10.6. The molecule has 3 saturated heterocycles. The Morgan fingerprint density at radius 2 is 1.68 bits per heavy atom. The molecule has 62 heavy (non-hydrogen) atoms. The molecule has 4 aliphatic rings. The van der Waals surface area contributed by atoms with Crippen LogP contribution in [0.5, 0.6) is 0 Å². The van der Waals surface area contributed by atoms with Crippen molar-refractivity contribution in [1.29, 1.82) is 0 Å². The Morgan fingerprint density at radius 3 is 2.42 bits per heavy atom. The van der Waals surface area contributed by atoms with Gasteiger partial charge in [-0.25, -0.2) is 4.98 Å². The molecular formula is C46H52Cl2N9O4P. The Hall–Kier alpha value is -4.96. The van der Waals surface area contributed by atoms with Crippen LogP contribution in [0.25, 0.3) is 0 Å². The zero-order valence-electron chi connectivity index (χ0n) is 35.3. The zero-order chi connectivity index (χ0) is 43.5. The van der Waals surface area contributed by atoms with Gasteiger partial charge in [-0.3, -0.25) is 29.5 Å². The highest BCUT2D eigenvalue weighted by atomic mass is 35.5. The molecule has 13 nitrogen and oxygen atoms in total. The number of aromatic nitrogens is 2. The summed E-state index contributed by atoms with van der Waals surface area (Å²) in [5.41, 5.74) is 6.01. The van der Waals surface area contributed by atoms with Crippen molar-refractivity contribution in [1.82, 2.24) is 30.0 Å². The van der Waals surface area contributed by atoms with Crippen molar-refractivity contribution in [3.63, 3.8) is 0 Å². The van der Waals surface area contributed by atoms with E-state index in [0.29, 0.717) is 57.8 Å². The first-order valence-corrected chi connectivity index (χ1v) is 24.7. The molecule has 3 aromatic carbocycles. The minimum absolute atomic E-state index is 0.180. The van der Waals surface area contributed by atoms with E-state index in [1.807, 2.05) is 36.4 Å². The summed E-state index contributed by atoms with van der Waals surface area (Å²) in [7, 11) is -2.55. The number of piperidine rings is 2. The molecule has 3 amide bonds. The lowest BCUT2D eigenvalue weighted by atomic mass is 9.99. The molecule has 16 heteroatoms. The predicted octanol–water partition coefficient (Wildman–Crippen LogP) is 6.87. The Bertz CT molecular complexity index is 2490. The van der Waals surface area contributed by atoms with Crippen molar-refractivity contribution in [3.8, 4) is 11.8 Å². The van der Waals surface area contributed by atoms with Crippen LogP contribution in [-0.2, 0) is 27.1 Å². The van der Waals surface area contributed by atoms with Crippen molar-refractivity contribution < 1.29 is 18.9 Å². The number of amides is 3. The first-order valence-electron chi connectivity index (χ1n) is 21.4. The molecule has 0 aliphatic carbocycles. The number of hydrogen-bond donors (Lipinski definition) is 3. The first-order chi connectivity index (χ1) is 29.9. The second-order valence-corrected chi connectivity index (χ2v) is 20.7. The lowest BCUT2D eigenvalue weighted by molar-refractivity contribution is -0.136. The first kappa shape index (κ1) is 43.7. The van der Waals surface area contributed by atoms with E-state index in [2.05, 4.69) is 71.5 Å². The Labute approximate surface area is 373 Å². The fourth-order valence-corrected chi connectivity index (χ4v) is 10.5. The lowest BCUT2D eigenvalue weighted by Gasteiger charge is -2.43. The van der Waals surface area contributed by atoms with Gasteiger partial charge in [0.05, 0.1) is 22.6 Å². The number of carbonyl (C=O) groups excluding carboxylic acids is 3.